The van der Waals surface area contributed by atoms with E-state index in [1.54, 1.807) is 0 Å². The molecule has 0 aliphatic rings. The normalized spacial score (nSPS) is 13.1. The van der Waals surface area contributed by atoms with Gasteiger partial charge in [0.2, 0.25) is 0 Å². The van der Waals surface area contributed by atoms with E-state index in [9.17, 15) is 0 Å². The number of aromatic nitrogens is 1. The summed E-state index contributed by atoms with van der Waals surface area (Å²) in [4.78, 5) is 0. The molecule has 1 aromatic rings. The van der Waals surface area contributed by atoms with Gasteiger partial charge in [0.05, 0.1) is 0 Å². The van der Waals surface area contributed by atoms with E-state index in [0.29, 0.717) is 0 Å². The van der Waals surface area contributed by atoms with E-state index in [0.717, 1.165) is 5.92 Å². The van der Waals surface area contributed by atoms with E-state index < -0.39 is 0 Å². The Bertz CT molecular complexity index is 322. The summed E-state index contributed by atoms with van der Waals surface area (Å²) in [6.07, 6.45) is 7.69. The fourth-order valence-electron chi connectivity index (χ4n) is 2.31. The van der Waals surface area contributed by atoms with Crippen LogP contribution in [0.2, 0.25) is 0 Å². The van der Waals surface area contributed by atoms with Crippen molar-refractivity contribution in [3.8, 4) is 0 Å². The van der Waals surface area contributed by atoms with Crippen LogP contribution in [-0.2, 0) is 6.54 Å². The fraction of sp³-hybridized carbons (Fsp3) is 0.733. The predicted octanol–water partition coefficient (Wildman–Crippen LogP) is 4.63. The van der Waals surface area contributed by atoms with E-state index in [2.05, 4.69) is 45.4 Å². The van der Waals surface area contributed by atoms with Gasteiger partial charge in [-0.1, -0.05) is 33.1 Å². The molecule has 1 heteroatoms. The lowest BCUT2D eigenvalue weighted by molar-refractivity contribution is 0.388. The van der Waals surface area contributed by atoms with Crippen LogP contribution in [0.25, 0.3) is 0 Å². The first-order chi connectivity index (χ1) is 7.60. The summed E-state index contributed by atoms with van der Waals surface area (Å²) in [6, 6.07) is 0. The van der Waals surface area contributed by atoms with Crippen molar-refractivity contribution in [2.24, 2.45) is 5.92 Å². The summed E-state index contributed by atoms with van der Waals surface area (Å²) >= 11 is 0. The average molecular weight is 221 g/mol. The van der Waals surface area contributed by atoms with Crippen LogP contribution in [0.4, 0.5) is 0 Å². The molecule has 0 fully saturated rings. The smallest absolute Gasteiger partial charge is 0.0250 e. The molecule has 1 nitrogen and oxygen atoms in total. The molecular weight excluding hydrogens is 194 g/mol. The number of nitrogens with zero attached hydrogens (tertiary/aromatic N) is 1. The number of rotatable bonds is 6. The Morgan fingerprint density at radius 1 is 1.19 bits per heavy atom. The molecule has 1 heterocycles. The zero-order chi connectivity index (χ0) is 12.1. The Kier molecular flexibility index (Phi) is 5.11. The first-order valence-corrected chi connectivity index (χ1v) is 6.73. The van der Waals surface area contributed by atoms with Gasteiger partial charge < -0.3 is 4.57 Å². The van der Waals surface area contributed by atoms with Crippen LogP contribution < -0.4 is 0 Å². The third-order valence-corrected chi connectivity index (χ3v) is 3.91. The van der Waals surface area contributed by atoms with E-state index in [-0.39, 0.29) is 0 Å². The van der Waals surface area contributed by atoms with Gasteiger partial charge in [-0.15, -0.1) is 0 Å². The molecule has 16 heavy (non-hydrogen) atoms. The van der Waals surface area contributed by atoms with Gasteiger partial charge in [-0.2, -0.15) is 0 Å². The third kappa shape index (κ3) is 3.13. The molecule has 0 saturated heterocycles. The maximum absolute atomic E-state index is 2.45. The van der Waals surface area contributed by atoms with Crippen molar-refractivity contribution < 1.29 is 0 Å². The van der Waals surface area contributed by atoms with Crippen molar-refractivity contribution in [2.45, 2.75) is 66.8 Å². The zero-order valence-corrected chi connectivity index (χ0v) is 11.6. The molecule has 0 bridgehead atoms. The minimum absolute atomic E-state index is 0.852. The van der Waals surface area contributed by atoms with Crippen LogP contribution in [0.15, 0.2) is 6.20 Å². The SMILES string of the molecule is CCCCC(CC)Cn1cc(C)c(C)c1C. The highest BCUT2D eigenvalue weighted by molar-refractivity contribution is 5.28. The first-order valence-electron chi connectivity index (χ1n) is 6.73. The van der Waals surface area contributed by atoms with Gasteiger partial charge in [0.1, 0.15) is 0 Å². The summed E-state index contributed by atoms with van der Waals surface area (Å²) in [6.45, 7) is 12.5. The number of aryl methyl sites for hydroxylation is 1. The maximum atomic E-state index is 2.45. The number of hydrogen-bond acceptors (Lipinski definition) is 0. The molecular formula is C15H27N. The van der Waals surface area contributed by atoms with E-state index in [1.807, 2.05) is 0 Å². The number of hydrogen-bond donors (Lipinski definition) is 0. The zero-order valence-electron chi connectivity index (χ0n) is 11.6. The standard InChI is InChI=1S/C15H27N/c1-6-8-9-15(7-2)11-16-10-12(3)13(4)14(16)5/h10,15H,6-9,11H2,1-5H3. The van der Waals surface area contributed by atoms with Gasteiger partial charge in [0.15, 0.2) is 0 Å². The van der Waals surface area contributed by atoms with Crippen molar-refractivity contribution in [3.05, 3.63) is 23.0 Å². The lowest BCUT2D eigenvalue weighted by Crippen LogP contribution is -2.10. The molecule has 0 saturated carbocycles. The Balaban J connectivity index is 2.66. The van der Waals surface area contributed by atoms with Gasteiger partial charge in [-0.05, 0) is 44.2 Å². The molecule has 1 unspecified atom stereocenters. The van der Waals surface area contributed by atoms with Crippen LogP contribution in [0, 0.1) is 26.7 Å². The predicted molar refractivity (Wildman–Crippen MR) is 71.9 cm³/mol. The molecule has 0 spiro atoms. The van der Waals surface area contributed by atoms with Gasteiger partial charge in [-0.25, -0.2) is 0 Å². The van der Waals surface area contributed by atoms with Crippen molar-refractivity contribution in [1.29, 1.82) is 0 Å². The second-order valence-electron chi connectivity index (χ2n) is 5.09. The minimum Gasteiger partial charge on any atom is -0.351 e. The van der Waals surface area contributed by atoms with Crippen molar-refractivity contribution in [1.82, 2.24) is 4.57 Å². The molecule has 0 N–H and O–H groups in total. The first kappa shape index (κ1) is 13.3. The van der Waals surface area contributed by atoms with E-state index >= 15 is 0 Å². The van der Waals surface area contributed by atoms with Crippen LogP contribution in [0.5, 0.6) is 0 Å². The maximum Gasteiger partial charge on any atom is 0.0250 e. The number of unbranched alkanes of at least 4 members (excludes halogenated alkanes) is 1. The van der Waals surface area contributed by atoms with Gasteiger partial charge in [0, 0.05) is 18.4 Å². The molecule has 1 rings (SSSR count). The Morgan fingerprint density at radius 3 is 2.31 bits per heavy atom. The van der Waals surface area contributed by atoms with Crippen molar-refractivity contribution in [3.63, 3.8) is 0 Å². The summed E-state index contributed by atoms with van der Waals surface area (Å²) in [5, 5.41) is 0. The Labute approximate surface area is 101 Å². The molecule has 0 aliphatic carbocycles. The topological polar surface area (TPSA) is 4.93 Å². The molecule has 92 valence electrons. The summed E-state index contributed by atoms with van der Waals surface area (Å²) in [7, 11) is 0. The van der Waals surface area contributed by atoms with Gasteiger partial charge in [0.25, 0.3) is 0 Å². The highest BCUT2D eigenvalue weighted by Crippen LogP contribution is 2.20. The Hall–Kier alpha value is -0.720. The fourth-order valence-corrected chi connectivity index (χ4v) is 2.31. The summed E-state index contributed by atoms with van der Waals surface area (Å²) < 4.78 is 2.45. The quantitative estimate of drug-likeness (QED) is 0.660. The van der Waals surface area contributed by atoms with Crippen LogP contribution in [0.1, 0.15) is 56.4 Å². The molecule has 0 aliphatic heterocycles. The molecule has 1 aromatic heterocycles. The Morgan fingerprint density at radius 2 is 1.88 bits per heavy atom. The lowest BCUT2D eigenvalue weighted by atomic mass is 9.99. The third-order valence-electron chi connectivity index (χ3n) is 3.91. The monoisotopic (exact) mass is 221 g/mol. The second kappa shape index (κ2) is 6.12. The summed E-state index contributed by atoms with van der Waals surface area (Å²) in [5.74, 6) is 0.852. The molecule has 1 atom stereocenters. The van der Waals surface area contributed by atoms with Crippen LogP contribution >= 0.6 is 0 Å². The van der Waals surface area contributed by atoms with E-state index in [4.69, 9.17) is 0 Å². The molecule has 0 aromatic carbocycles. The van der Waals surface area contributed by atoms with Crippen molar-refractivity contribution >= 4 is 0 Å². The molecule has 0 amide bonds. The van der Waals surface area contributed by atoms with Gasteiger partial charge >= 0.3 is 0 Å². The van der Waals surface area contributed by atoms with E-state index in [1.165, 1.54) is 49.0 Å². The van der Waals surface area contributed by atoms with Gasteiger partial charge in [-0.3, -0.25) is 0 Å². The van der Waals surface area contributed by atoms with Crippen LogP contribution in [-0.4, -0.2) is 4.57 Å². The van der Waals surface area contributed by atoms with Crippen molar-refractivity contribution in [2.75, 3.05) is 0 Å². The van der Waals surface area contributed by atoms with Crippen LogP contribution in [0.3, 0.4) is 0 Å². The highest BCUT2D eigenvalue weighted by atomic mass is 15.0. The summed E-state index contributed by atoms with van der Waals surface area (Å²) in [5.41, 5.74) is 4.35. The second-order valence-corrected chi connectivity index (χ2v) is 5.09. The average Bonchev–Trinajstić information content (AvgIpc) is 2.52. The molecule has 0 radical (unpaired) electrons. The lowest BCUT2D eigenvalue weighted by Gasteiger charge is -2.16. The highest BCUT2D eigenvalue weighted by Gasteiger charge is 2.10. The largest absolute Gasteiger partial charge is 0.351 e. The minimum atomic E-state index is 0.852.